The number of hydrogen-bond donors (Lipinski definition) is 1. The molecule has 0 unspecified atom stereocenters. The van der Waals surface area contributed by atoms with E-state index >= 15 is 0 Å². The third-order valence-electron chi connectivity index (χ3n) is 2.70. The summed E-state index contributed by atoms with van der Waals surface area (Å²) in [4.78, 5) is 15.1. The summed E-state index contributed by atoms with van der Waals surface area (Å²) in [6.45, 7) is 0. The zero-order valence-electron chi connectivity index (χ0n) is 10.1. The van der Waals surface area contributed by atoms with Crippen molar-refractivity contribution in [3.63, 3.8) is 0 Å². The van der Waals surface area contributed by atoms with E-state index in [1.807, 2.05) is 0 Å². The van der Waals surface area contributed by atoms with Crippen LogP contribution in [0.3, 0.4) is 0 Å². The lowest BCUT2D eigenvalue weighted by atomic mass is 10.1. The molecule has 1 heterocycles. The Hall–Kier alpha value is -1.58. The number of nitrogens with zero attached hydrogens (tertiary/aromatic N) is 2. The van der Waals surface area contributed by atoms with Gasteiger partial charge >= 0.3 is 12.1 Å². The molecule has 0 aliphatic carbocycles. The fraction of sp³-hybridized carbons (Fsp3) is 0.167. The fourth-order valence-corrected chi connectivity index (χ4v) is 2.61. The molecule has 1 aromatic carbocycles. The van der Waals surface area contributed by atoms with Crippen molar-refractivity contribution in [1.29, 1.82) is 0 Å². The van der Waals surface area contributed by atoms with Gasteiger partial charge in [-0.15, -0.1) is 0 Å². The summed E-state index contributed by atoms with van der Waals surface area (Å²) in [6.07, 6.45) is -4.45. The zero-order valence-corrected chi connectivity index (χ0v) is 12.2. The first-order valence-electron chi connectivity index (χ1n) is 5.35. The monoisotopic (exact) mass is 396 g/mol. The maximum atomic E-state index is 12.7. The smallest absolute Gasteiger partial charge is 0.416 e. The van der Waals surface area contributed by atoms with Gasteiger partial charge in [0.1, 0.15) is 9.53 Å². The molecule has 0 fully saturated rings. The summed E-state index contributed by atoms with van der Waals surface area (Å²) < 4.78 is 39.5. The first-order chi connectivity index (χ1) is 9.21. The van der Waals surface area contributed by atoms with E-state index < -0.39 is 17.7 Å². The molecule has 1 N–H and O–H groups in total. The van der Waals surface area contributed by atoms with Gasteiger partial charge in [-0.2, -0.15) is 13.2 Å². The van der Waals surface area contributed by atoms with Gasteiger partial charge in [-0.3, -0.25) is 0 Å². The van der Waals surface area contributed by atoms with Crippen molar-refractivity contribution in [3.8, 4) is 11.4 Å². The van der Waals surface area contributed by atoms with E-state index in [0.717, 1.165) is 12.1 Å². The number of aromatic carboxylic acids is 1. The molecular formula is C12H8F3IN2O2. The van der Waals surface area contributed by atoms with Crippen molar-refractivity contribution in [2.45, 2.75) is 6.18 Å². The molecule has 0 saturated heterocycles. The largest absolute Gasteiger partial charge is 0.476 e. The lowest BCUT2D eigenvalue weighted by molar-refractivity contribution is -0.137. The van der Waals surface area contributed by atoms with E-state index in [2.05, 4.69) is 4.98 Å². The van der Waals surface area contributed by atoms with Crippen LogP contribution in [0.4, 0.5) is 13.2 Å². The minimum atomic E-state index is -4.45. The molecule has 106 valence electrons. The molecule has 8 heteroatoms. The molecular weight excluding hydrogens is 388 g/mol. The van der Waals surface area contributed by atoms with Gasteiger partial charge in [0.2, 0.25) is 0 Å². The van der Waals surface area contributed by atoms with Gasteiger partial charge in [0.25, 0.3) is 0 Å². The third-order valence-corrected chi connectivity index (χ3v) is 3.46. The first-order valence-corrected chi connectivity index (χ1v) is 6.43. The second-order valence-electron chi connectivity index (χ2n) is 4.02. The SMILES string of the molecule is Cn1c(-c2cccc(C(F)(F)F)c2)nc(I)c1C(=O)O. The molecule has 2 rings (SSSR count). The molecule has 1 aromatic heterocycles. The van der Waals surface area contributed by atoms with Crippen LogP contribution >= 0.6 is 22.6 Å². The number of rotatable bonds is 2. The predicted molar refractivity (Wildman–Crippen MR) is 73.3 cm³/mol. The van der Waals surface area contributed by atoms with Gasteiger partial charge < -0.3 is 9.67 Å². The Labute approximate surface area is 125 Å². The Bertz CT molecular complexity index is 680. The number of benzene rings is 1. The predicted octanol–water partition coefficient (Wildman–Crippen LogP) is 3.41. The summed E-state index contributed by atoms with van der Waals surface area (Å²) in [5.74, 6) is -1.000. The number of carboxylic acid groups (broad SMARTS) is 1. The highest BCUT2D eigenvalue weighted by molar-refractivity contribution is 14.1. The normalized spacial score (nSPS) is 11.7. The molecule has 0 aliphatic rings. The van der Waals surface area contributed by atoms with Crippen molar-refractivity contribution in [2.75, 3.05) is 0 Å². The van der Waals surface area contributed by atoms with Gasteiger partial charge in [0.15, 0.2) is 5.69 Å². The average Bonchev–Trinajstić information content (AvgIpc) is 2.64. The number of carboxylic acids is 1. The van der Waals surface area contributed by atoms with E-state index in [4.69, 9.17) is 5.11 Å². The van der Waals surface area contributed by atoms with Crippen LogP contribution in [0.15, 0.2) is 24.3 Å². The van der Waals surface area contributed by atoms with E-state index in [1.165, 1.54) is 23.7 Å². The van der Waals surface area contributed by atoms with Crippen LogP contribution < -0.4 is 0 Å². The topological polar surface area (TPSA) is 55.1 Å². The van der Waals surface area contributed by atoms with Crippen LogP contribution in [0.5, 0.6) is 0 Å². The quantitative estimate of drug-likeness (QED) is 0.792. The number of carbonyl (C=O) groups is 1. The van der Waals surface area contributed by atoms with Crippen molar-refractivity contribution in [2.24, 2.45) is 7.05 Å². The number of aromatic nitrogens is 2. The highest BCUT2D eigenvalue weighted by Gasteiger charge is 2.31. The van der Waals surface area contributed by atoms with E-state index in [-0.39, 0.29) is 20.8 Å². The number of halogens is 4. The average molecular weight is 396 g/mol. The van der Waals surface area contributed by atoms with Crippen molar-refractivity contribution in [1.82, 2.24) is 9.55 Å². The highest BCUT2D eigenvalue weighted by atomic mass is 127. The Balaban J connectivity index is 2.58. The molecule has 4 nitrogen and oxygen atoms in total. The molecule has 0 bridgehead atoms. The van der Waals surface area contributed by atoms with Crippen LogP contribution in [0, 0.1) is 3.70 Å². The Morgan fingerprint density at radius 2 is 2.05 bits per heavy atom. The minimum Gasteiger partial charge on any atom is -0.476 e. The van der Waals surface area contributed by atoms with E-state index in [0.29, 0.717) is 0 Å². The summed E-state index contributed by atoms with van der Waals surface area (Å²) >= 11 is 1.74. The summed E-state index contributed by atoms with van der Waals surface area (Å²) in [6, 6.07) is 4.62. The zero-order chi connectivity index (χ0) is 15.1. The second kappa shape index (κ2) is 5.08. The lowest BCUT2D eigenvalue weighted by Crippen LogP contribution is -2.07. The van der Waals surface area contributed by atoms with Gasteiger partial charge in [0.05, 0.1) is 5.56 Å². The van der Waals surface area contributed by atoms with Crippen molar-refractivity contribution < 1.29 is 23.1 Å². The van der Waals surface area contributed by atoms with Crippen LogP contribution in [-0.2, 0) is 13.2 Å². The molecule has 0 aliphatic heterocycles. The minimum absolute atomic E-state index is 0.0574. The maximum Gasteiger partial charge on any atom is 0.416 e. The number of imidazole rings is 1. The Kier molecular flexibility index (Phi) is 3.76. The molecule has 2 aromatic rings. The first kappa shape index (κ1) is 14.8. The number of hydrogen-bond acceptors (Lipinski definition) is 2. The molecule has 0 radical (unpaired) electrons. The molecule has 0 atom stereocenters. The van der Waals surface area contributed by atoms with Crippen LogP contribution in [0.25, 0.3) is 11.4 Å². The second-order valence-corrected chi connectivity index (χ2v) is 5.04. The molecule has 0 amide bonds. The van der Waals surface area contributed by atoms with Crippen LogP contribution in [-0.4, -0.2) is 20.6 Å². The van der Waals surface area contributed by atoms with Crippen molar-refractivity contribution >= 4 is 28.6 Å². The third kappa shape index (κ3) is 2.65. The highest BCUT2D eigenvalue weighted by Crippen LogP contribution is 2.32. The fourth-order valence-electron chi connectivity index (χ4n) is 1.79. The van der Waals surface area contributed by atoms with Crippen molar-refractivity contribution in [3.05, 3.63) is 39.2 Å². The van der Waals surface area contributed by atoms with Crippen LogP contribution in [0.2, 0.25) is 0 Å². The van der Waals surface area contributed by atoms with E-state index in [9.17, 15) is 18.0 Å². The van der Waals surface area contributed by atoms with Gasteiger partial charge in [-0.1, -0.05) is 12.1 Å². The maximum absolute atomic E-state index is 12.7. The van der Waals surface area contributed by atoms with Gasteiger partial charge in [0, 0.05) is 12.6 Å². The summed E-state index contributed by atoms with van der Waals surface area (Å²) in [5, 5.41) is 9.04. The summed E-state index contributed by atoms with van der Waals surface area (Å²) in [5.41, 5.74) is -0.643. The molecule has 20 heavy (non-hydrogen) atoms. The standard InChI is InChI=1S/C12H8F3IN2O2/c1-18-8(11(19)20)9(16)17-10(18)6-3-2-4-7(5-6)12(13,14)15/h2-5H,1H3,(H,19,20). The van der Waals surface area contributed by atoms with Crippen LogP contribution in [0.1, 0.15) is 16.1 Å². The Morgan fingerprint density at radius 3 is 2.55 bits per heavy atom. The Morgan fingerprint density at radius 1 is 1.40 bits per heavy atom. The van der Waals surface area contributed by atoms with Gasteiger partial charge in [-0.25, -0.2) is 9.78 Å². The summed E-state index contributed by atoms with van der Waals surface area (Å²) in [7, 11) is 1.45. The number of alkyl halides is 3. The molecule has 0 saturated carbocycles. The molecule has 0 spiro atoms. The van der Waals surface area contributed by atoms with E-state index in [1.54, 1.807) is 22.6 Å². The van der Waals surface area contributed by atoms with Gasteiger partial charge in [-0.05, 0) is 34.7 Å². The lowest BCUT2D eigenvalue weighted by Gasteiger charge is -2.09.